The molecule has 0 aliphatic carbocycles. The van der Waals surface area contributed by atoms with Crippen LogP contribution >= 0.6 is 0 Å². The highest BCUT2D eigenvalue weighted by molar-refractivity contribution is 6.35. The molecule has 1 aromatic rings. The molecular formula is C19H26N4O6. The molecule has 0 bridgehead atoms. The molecule has 0 radical (unpaired) electrons. The first-order valence-corrected chi connectivity index (χ1v) is 9.41. The molecule has 29 heavy (non-hydrogen) atoms. The van der Waals surface area contributed by atoms with Crippen molar-refractivity contribution in [2.75, 3.05) is 46.1 Å². The molecule has 1 aromatic carbocycles. The van der Waals surface area contributed by atoms with Crippen LogP contribution in [0, 0.1) is 0 Å². The molecule has 1 heterocycles. The number of benzene rings is 1. The van der Waals surface area contributed by atoms with E-state index in [0.29, 0.717) is 56.5 Å². The van der Waals surface area contributed by atoms with E-state index >= 15 is 0 Å². The highest BCUT2D eigenvalue weighted by atomic mass is 16.5. The Morgan fingerprint density at radius 3 is 2.59 bits per heavy atom. The molecule has 0 spiro atoms. The van der Waals surface area contributed by atoms with E-state index in [0.717, 1.165) is 0 Å². The maximum Gasteiger partial charge on any atom is 0.329 e. The topological polar surface area (TPSA) is 119 Å². The second kappa shape index (κ2) is 11.6. The summed E-state index contributed by atoms with van der Waals surface area (Å²) in [6.07, 6.45) is 1.38. The molecule has 158 valence electrons. The quantitative estimate of drug-likeness (QED) is 0.354. The second-order valence-corrected chi connectivity index (χ2v) is 5.98. The van der Waals surface area contributed by atoms with E-state index in [1.807, 2.05) is 6.92 Å². The average Bonchev–Trinajstić information content (AvgIpc) is 2.74. The highest BCUT2D eigenvalue weighted by Crippen LogP contribution is 2.28. The third-order valence-corrected chi connectivity index (χ3v) is 3.91. The molecule has 0 atom stereocenters. The Morgan fingerprint density at radius 1 is 1.14 bits per heavy atom. The summed E-state index contributed by atoms with van der Waals surface area (Å²) >= 11 is 0. The van der Waals surface area contributed by atoms with Crippen molar-refractivity contribution in [2.45, 2.75) is 13.8 Å². The number of nitrogens with one attached hydrogen (secondary N) is 2. The van der Waals surface area contributed by atoms with Gasteiger partial charge in [0.2, 0.25) is 0 Å². The highest BCUT2D eigenvalue weighted by Gasteiger charge is 2.18. The molecule has 1 fully saturated rings. The largest absolute Gasteiger partial charge is 0.490 e. The van der Waals surface area contributed by atoms with Crippen LogP contribution in [0.15, 0.2) is 23.3 Å². The number of carbonyl (C=O) groups is 3. The van der Waals surface area contributed by atoms with E-state index in [1.54, 1.807) is 30.0 Å². The lowest BCUT2D eigenvalue weighted by molar-refractivity contribution is -0.139. The van der Waals surface area contributed by atoms with Crippen LogP contribution in [0.5, 0.6) is 11.5 Å². The number of nitrogens with zero attached hydrogens (tertiary/aromatic N) is 2. The van der Waals surface area contributed by atoms with Crippen molar-refractivity contribution in [1.29, 1.82) is 0 Å². The van der Waals surface area contributed by atoms with Crippen molar-refractivity contribution in [2.24, 2.45) is 5.10 Å². The summed E-state index contributed by atoms with van der Waals surface area (Å²) in [6, 6.07) is 5.02. The first-order chi connectivity index (χ1) is 14.0. The number of ether oxygens (including phenoxy) is 3. The van der Waals surface area contributed by atoms with E-state index in [9.17, 15) is 14.4 Å². The Balaban J connectivity index is 1.96. The van der Waals surface area contributed by atoms with Crippen molar-refractivity contribution < 1.29 is 28.6 Å². The molecule has 10 heteroatoms. The van der Waals surface area contributed by atoms with Crippen LogP contribution in [0.25, 0.3) is 0 Å². The van der Waals surface area contributed by atoms with Crippen LogP contribution in [-0.2, 0) is 19.1 Å². The molecule has 1 aliphatic rings. The van der Waals surface area contributed by atoms with E-state index in [-0.39, 0.29) is 12.5 Å². The van der Waals surface area contributed by atoms with Crippen molar-refractivity contribution in [1.82, 2.24) is 15.6 Å². The number of hydrazone groups is 1. The van der Waals surface area contributed by atoms with Crippen LogP contribution in [-0.4, -0.2) is 74.9 Å². The summed E-state index contributed by atoms with van der Waals surface area (Å²) in [7, 11) is 0. The second-order valence-electron chi connectivity index (χ2n) is 5.98. The first kappa shape index (κ1) is 22.2. The van der Waals surface area contributed by atoms with Crippen LogP contribution in [0.4, 0.5) is 0 Å². The molecule has 0 unspecified atom stereocenters. The number of hydrogen-bond acceptors (Lipinski definition) is 7. The lowest BCUT2D eigenvalue weighted by Crippen LogP contribution is -2.43. The van der Waals surface area contributed by atoms with Gasteiger partial charge in [-0.15, -0.1) is 0 Å². The zero-order chi connectivity index (χ0) is 21.1. The number of amides is 3. The third kappa shape index (κ3) is 7.07. The van der Waals surface area contributed by atoms with Crippen LogP contribution in [0.2, 0.25) is 0 Å². The number of likely N-dealkylation sites (N-methyl/N-ethyl adjacent to an activating group) is 1. The van der Waals surface area contributed by atoms with Gasteiger partial charge in [-0.25, -0.2) is 5.43 Å². The Labute approximate surface area is 169 Å². The molecular weight excluding hydrogens is 380 g/mol. The predicted octanol–water partition coefficient (Wildman–Crippen LogP) is -0.0909. The van der Waals surface area contributed by atoms with E-state index < -0.39 is 11.8 Å². The van der Waals surface area contributed by atoms with Gasteiger partial charge >= 0.3 is 11.8 Å². The molecule has 10 nitrogen and oxygen atoms in total. The van der Waals surface area contributed by atoms with Crippen molar-refractivity contribution >= 4 is 23.9 Å². The normalized spacial score (nSPS) is 13.8. The lowest BCUT2D eigenvalue weighted by atomic mass is 10.2. The number of hydrogen-bond donors (Lipinski definition) is 2. The average molecular weight is 406 g/mol. The third-order valence-electron chi connectivity index (χ3n) is 3.91. The molecule has 2 N–H and O–H groups in total. The SMILES string of the molecule is CCNC(=O)C(=O)N/N=C\c1ccc(OCC(=O)N2CCOCC2)c(OCC)c1. The van der Waals surface area contributed by atoms with Gasteiger partial charge in [-0.05, 0) is 37.6 Å². The zero-order valence-electron chi connectivity index (χ0n) is 16.6. The maximum atomic E-state index is 12.2. The fourth-order valence-electron chi connectivity index (χ4n) is 2.49. The summed E-state index contributed by atoms with van der Waals surface area (Å²) in [5, 5.41) is 6.13. The predicted molar refractivity (Wildman–Crippen MR) is 105 cm³/mol. The smallest absolute Gasteiger partial charge is 0.329 e. The molecule has 0 saturated carbocycles. The van der Waals surface area contributed by atoms with Gasteiger partial charge < -0.3 is 24.4 Å². The zero-order valence-corrected chi connectivity index (χ0v) is 16.6. The Kier molecular flexibility index (Phi) is 8.90. The molecule has 3 amide bonds. The first-order valence-electron chi connectivity index (χ1n) is 9.41. The van der Waals surface area contributed by atoms with Gasteiger partial charge in [0, 0.05) is 19.6 Å². The molecule has 1 aliphatic heterocycles. The van der Waals surface area contributed by atoms with E-state index in [1.165, 1.54) is 6.21 Å². The van der Waals surface area contributed by atoms with E-state index in [2.05, 4.69) is 15.8 Å². The summed E-state index contributed by atoms with van der Waals surface area (Å²) in [6.45, 7) is 6.36. The van der Waals surface area contributed by atoms with Gasteiger partial charge in [-0.3, -0.25) is 14.4 Å². The summed E-state index contributed by atoms with van der Waals surface area (Å²) in [4.78, 5) is 36.8. The van der Waals surface area contributed by atoms with Gasteiger partial charge in [0.25, 0.3) is 5.91 Å². The van der Waals surface area contributed by atoms with E-state index in [4.69, 9.17) is 14.2 Å². The number of morpholine rings is 1. The Bertz CT molecular complexity index is 746. The standard InChI is InChI=1S/C19H26N4O6/c1-3-20-18(25)19(26)22-21-12-14-5-6-15(16(11-14)28-4-2)29-13-17(24)23-7-9-27-10-8-23/h5-6,11-12H,3-4,7-10,13H2,1-2H3,(H,20,25)(H,22,26)/b21-12-. The maximum absolute atomic E-state index is 12.2. The molecule has 0 aromatic heterocycles. The fourth-order valence-corrected chi connectivity index (χ4v) is 2.49. The lowest BCUT2D eigenvalue weighted by Gasteiger charge is -2.26. The summed E-state index contributed by atoms with van der Waals surface area (Å²) in [5.74, 6) is -0.851. The van der Waals surface area contributed by atoms with Gasteiger partial charge in [-0.2, -0.15) is 5.10 Å². The van der Waals surface area contributed by atoms with Crippen molar-refractivity contribution in [3.63, 3.8) is 0 Å². The minimum Gasteiger partial charge on any atom is -0.490 e. The summed E-state index contributed by atoms with van der Waals surface area (Å²) < 4.78 is 16.4. The molecule has 1 saturated heterocycles. The van der Waals surface area contributed by atoms with Gasteiger partial charge in [-0.1, -0.05) is 0 Å². The monoisotopic (exact) mass is 406 g/mol. The van der Waals surface area contributed by atoms with Gasteiger partial charge in [0.1, 0.15) is 0 Å². The summed E-state index contributed by atoms with van der Waals surface area (Å²) in [5.41, 5.74) is 2.77. The van der Waals surface area contributed by atoms with Crippen LogP contribution in [0.3, 0.4) is 0 Å². The Hall–Kier alpha value is -3.14. The Morgan fingerprint density at radius 2 is 1.90 bits per heavy atom. The van der Waals surface area contributed by atoms with Crippen LogP contribution < -0.4 is 20.2 Å². The van der Waals surface area contributed by atoms with Crippen LogP contribution in [0.1, 0.15) is 19.4 Å². The molecule has 2 rings (SSSR count). The van der Waals surface area contributed by atoms with Gasteiger partial charge in [0.15, 0.2) is 18.1 Å². The van der Waals surface area contributed by atoms with Crippen molar-refractivity contribution in [3.8, 4) is 11.5 Å². The minimum atomic E-state index is -0.852. The van der Waals surface area contributed by atoms with Crippen molar-refractivity contribution in [3.05, 3.63) is 23.8 Å². The number of rotatable bonds is 8. The minimum absolute atomic E-state index is 0.101. The number of carbonyl (C=O) groups excluding carboxylic acids is 3. The van der Waals surface area contributed by atoms with Gasteiger partial charge in [0.05, 0.1) is 26.0 Å². The fraction of sp³-hybridized carbons (Fsp3) is 0.474.